The maximum Gasteiger partial charge on any atom is 0.254 e. The number of hydrogen-bond acceptors (Lipinski definition) is 2. The van der Waals surface area contributed by atoms with Crippen LogP contribution in [0.15, 0.2) is 18.2 Å². The van der Waals surface area contributed by atoms with Crippen molar-refractivity contribution in [2.75, 3.05) is 13.1 Å². The molecule has 0 aliphatic carbocycles. The van der Waals surface area contributed by atoms with Crippen LogP contribution in [-0.4, -0.2) is 36.0 Å². The van der Waals surface area contributed by atoms with Gasteiger partial charge in [-0.3, -0.25) is 4.79 Å². The Morgan fingerprint density at radius 2 is 2.11 bits per heavy atom. The highest BCUT2D eigenvalue weighted by Crippen LogP contribution is 2.30. The first-order valence-electron chi connectivity index (χ1n) is 6.65. The summed E-state index contributed by atoms with van der Waals surface area (Å²) in [5.74, 6) is 0.134. The number of rotatable bonds is 1. The van der Waals surface area contributed by atoms with Gasteiger partial charge in [-0.05, 0) is 66.6 Å². The zero-order chi connectivity index (χ0) is 13.4. The number of benzene rings is 1. The molecule has 1 N–H and O–H groups in total. The molecule has 0 spiro atoms. The maximum atomic E-state index is 12.7. The summed E-state index contributed by atoms with van der Waals surface area (Å²) >= 11 is 8.31. The topological polar surface area (TPSA) is 32.3 Å². The number of amides is 1. The van der Waals surface area contributed by atoms with Crippen LogP contribution < -0.4 is 5.32 Å². The third-order valence-corrected chi connectivity index (χ3v) is 5.63. The van der Waals surface area contributed by atoms with E-state index >= 15 is 0 Å². The minimum absolute atomic E-state index is 0.134. The van der Waals surface area contributed by atoms with E-state index in [1.165, 1.54) is 0 Å². The van der Waals surface area contributed by atoms with Crippen LogP contribution in [-0.2, 0) is 0 Å². The highest BCUT2D eigenvalue weighted by molar-refractivity contribution is 14.1. The molecular weight excluding hydrogens is 375 g/mol. The second kappa shape index (κ2) is 5.58. The van der Waals surface area contributed by atoms with Gasteiger partial charge in [0.15, 0.2) is 0 Å². The summed E-state index contributed by atoms with van der Waals surface area (Å²) in [6.45, 7) is 1.93. The molecule has 2 atom stereocenters. The first-order valence-corrected chi connectivity index (χ1v) is 8.11. The van der Waals surface area contributed by atoms with Gasteiger partial charge >= 0.3 is 0 Å². The van der Waals surface area contributed by atoms with E-state index in [0.29, 0.717) is 22.7 Å². The van der Waals surface area contributed by atoms with Crippen molar-refractivity contribution in [2.24, 2.45) is 0 Å². The fourth-order valence-electron chi connectivity index (χ4n) is 3.09. The summed E-state index contributed by atoms with van der Waals surface area (Å²) < 4.78 is 0.983. The molecule has 2 aliphatic rings. The molecule has 19 heavy (non-hydrogen) atoms. The third-order valence-electron chi connectivity index (χ3n) is 4.06. The predicted molar refractivity (Wildman–Crippen MR) is 84.6 cm³/mol. The highest BCUT2D eigenvalue weighted by Gasteiger charge is 2.38. The molecule has 2 aliphatic heterocycles. The molecule has 1 amide bonds. The van der Waals surface area contributed by atoms with E-state index in [1.807, 2.05) is 12.1 Å². The Bertz CT molecular complexity index is 494. The van der Waals surface area contributed by atoms with E-state index in [2.05, 4.69) is 32.8 Å². The van der Waals surface area contributed by atoms with Crippen molar-refractivity contribution < 1.29 is 4.79 Å². The van der Waals surface area contributed by atoms with Gasteiger partial charge in [0.1, 0.15) is 0 Å². The first-order chi connectivity index (χ1) is 9.16. The van der Waals surface area contributed by atoms with Gasteiger partial charge in [0.25, 0.3) is 5.91 Å². The summed E-state index contributed by atoms with van der Waals surface area (Å²) in [5.41, 5.74) is 0.712. The lowest BCUT2D eigenvalue weighted by Crippen LogP contribution is -2.42. The fraction of sp³-hybridized carbons (Fsp3) is 0.500. The molecule has 2 heterocycles. The number of hydrogen-bond donors (Lipinski definition) is 1. The average molecular weight is 391 g/mol. The lowest BCUT2D eigenvalue weighted by molar-refractivity contribution is 0.0680. The summed E-state index contributed by atoms with van der Waals surface area (Å²) in [6.07, 6.45) is 3.30. The van der Waals surface area contributed by atoms with Crippen LogP contribution in [0.3, 0.4) is 0 Å². The van der Waals surface area contributed by atoms with Crippen LogP contribution in [0, 0.1) is 3.57 Å². The minimum atomic E-state index is 0.134. The van der Waals surface area contributed by atoms with E-state index in [4.69, 9.17) is 11.6 Å². The normalized spacial score (nSPS) is 26.3. The summed E-state index contributed by atoms with van der Waals surface area (Å²) in [5, 5.41) is 4.07. The molecule has 2 fully saturated rings. The quantitative estimate of drug-likeness (QED) is 0.748. The number of halogens is 2. The van der Waals surface area contributed by atoms with Gasteiger partial charge in [0.2, 0.25) is 0 Å². The highest BCUT2D eigenvalue weighted by atomic mass is 127. The van der Waals surface area contributed by atoms with E-state index < -0.39 is 0 Å². The molecule has 3 nitrogen and oxygen atoms in total. The van der Waals surface area contributed by atoms with Crippen molar-refractivity contribution in [3.05, 3.63) is 32.4 Å². The smallest absolute Gasteiger partial charge is 0.254 e. The molecule has 2 saturated heterocycles. The molecular formula is C14H16ClIN2O. The molecule has 0 radical (unpaired) electrons. The van der Waals surface area contributed by atoms with Crippen molar-refractivity contribution in [1.29, 1.82) is 0 Å². The molecule has 0 saturated carbocycles. The lowest BCUT2D eigenvalue weighted by atomic mass is 10.1. The predicted octanol–water partition coefficient (Wildman–Crippen LogP) is 2.91. The number of nitrogens with one attached hydrogen (secondary N) is 1. The Hall–Kier alpha value is -0.330. The Morgan fingerprint density at radius 3 is 2.89 bits per heavy atom. The molecule has 1 aromatic rings. The number of carbonyl (C=O) groups is 1. The van der Waals surface area contributed by atoms with E-state index in [1.54, 1.807) is 6.07 Å². The van der Waals surface area contributed by atoms with Crippen LogP contribution in [0.4, 0.5) is 0 Å². The zero-order valence-electron chi connectivity index (χ0n) is 10.5. The van der Waals surface area contributed by atoms with Gasteiger partial charge in [-0.25, -0.2) is 0 Å². The zero-order valence-corrected chi connectivity index (χ0v) is 13.4. The van der Waals surface area contributed by atoms with E-state index in [-0.39, 0.29) is 5.91 Å². The number of carbonyl (C=O) groups excluding carboxylic acids is 1. The molecule has 2 unspecified atom stereocenters. The Morgan fingerprint density at radius 1 is 1.32 bits per heavy atom. The van der Waals surface area contributed by atoms with Gasteiger partial charge in [-0.2, -0.15) is 0 Å². The fourth-order valence-corrected chi connectivity index (χ4v) is 3.61. The van der Waals surface area contributed by atoms with Gasteiger partial charge in [-0.15, -0.1) is 0 Å². The first kappa shape index (κ1) is 13.6. The summed E-state index contributed by atoms with van der Waals surface area (Å²) in [4.78, 5) is 14.8. The summed E-state index contributed by atoms with van der Waals surface area (Å²) in [7, 11) is 0. The van der Waals surface area contributed by atoms with Gasteiger partial charge in [0, 0.05) is 27.8 Å². The van der Waals surface area contributed by atoms with Crippen molar-refractivity contribution in [2.45, 2.75) is 31.3 Å². The molecule has 0 aromatic heterocycles. The SMILES string of the molecule is O=C(c1ccc(I)c(Cl)c1)N1C2CCNCC1CC2. The minimum Gasteiger partial charge on any atom is -0.331 e. The van der Waals surface area contributed by atoms with Crippen molar-refractivity contribution in [3.8, 4) is 0 Å². The molecule has 1 aromatic carbocycles. The number of fused-ring (bicyclic) bond motifs is 2. The average Bonchev–Trinajstić information content (AvgIpc) is 2.65. The van der Waals surface area contributed by atoms with E-state index in [0.717, 1.165) is 35.9 Å². The second-order valence-corrected chi connectivity index (χ2v) is 6.79. The Kier molecular flexibility index (Phi) is 4.01. The molecule has 5 heteroatoms. The number of nitrogens with zero attached hydrogens (tertiary/aromatic N) is 1. The van der Waals surface area contributed by atoms with Crippen LogP contribution in [0.5, 0.6) is 0 Å². The van der Waals surface area contributed by atoms with Gasteiger partial charge < -0.3 is 10.2 Å². The van der Waals surface area contributed by atoms with Crippen molar-refractivity contribution >= 4 is 40.1 Å². The molecule has 102 valence electrons. The molecule has 3 rings (SSSR count). The van der Waals surface area contributed by atoms with Crippen LogP contribution in [0.1, 0.15) is 29.6 Å². The standard InChI is InChI=1S/C14H16ClIN2O/c15-12-7-9(1-4-13(12)16)14(19)18-10-2-3-11(18)8-17-6-5-10/h1,4,7,10-11,17H,2-3,5-6,8H2. The van der Waals surface area contributed by atoms with Crippen LogP contribution >= 0.6 is 34.2 Å². The lowest BCUT2D eigenvalue weighted by Gasteiger charge is -2.28. The maximum absolute atomic E-state index is 12.7. The van der Waals surface area contributed by atoms with Gasteiger partial charge in [-0.1, -0.05) is 11.6 Å². The third kappa shape index (κ3) is 2.62. The molecule has 2 bridgehead atoms. The summed E-state index contributed by atoms with van der Waals surface area (Å²) in [6, 6.07) is 6.33. The van der Waals surface area contributed by atoms with Crippen molar-refractivity contribution in [1.82, 2.24) is 10.2 Å². The van der Waals surface area contributed by atoms with Crippen LogP contribution in [0.2, 0.25) is 5.02 Å². The van der Waals surface area contributed by atoms with Crippen LogP contribution in [0.25, 0.3) is 0 Å². The largest absolute Gasteiger partial charge is 0.331 e. The van der Waals surface area contributed by atoms with E-state index in [9.17, 15) is 4.79 Å². The monoisotopic (exact) mass is 390 g/mol. The Labute approximate surface area is 131 Å². The Balaban J connectivity index is 1.88. The van der Waals surface area contributed by atoms with Crippen molar-refractivity contribution in [3.63, 3.8) is 0 Å². The second-order valence-electron chi connectivity index (χ2n) is 5.22. The van der Waals surface area contributed by atoms with Gasteiger partial charge in [0.05, 0.1) is 5.02 Å².